The Kier molecular flexibility index (Phi) is 6.75. The van der Waals surface area contributed by atoms with E-state index in [-0.39, 0.29) is 12.8 Å². The molecule has 1 aromatic carbocycles. The van der Waals surface area contributed by atoms with Gasteiger partial charge in [0.25, 0.3) is 0 Å². The monoisotopic (exact) mass is 365 g/mol. The van der Waals surface area contributed by atoms with Crippen LogP contribution in [0.4, 0.5) is 5.69 Å². The molecule has 0 aliphatic carbocycles. The number of carboxylic acid groups (broad SMARTS) is 2. The number of nitrogens with zero attached hydrogens (tertiary/aromatic N) is 5. The molecule has 0 atom stereocenters. The van der Waals surface area contributed by atoms with Crippen LogP contribution in [0, 0.1) is 0 Å². The van der Waals surface area contributed by atoms with Gasteiger partial charge in [0.05, 0.1) is 5.69 Å². The number of benzene rings is 1. The topological polar surface area (TPSA) is 121 Å². The highest BCUT2D eigenvalue weighted by Gasteiger charge is 2.11. The van der Waals surface area contributed by atoms with Crippen molar-refractivity contribution in [2.75, 3.05) is 18.0 Å². The van der Waals surface area contributed by atoms with Crippen LogP contribution in [0.2, 0.25) is 0 Å². The quantitative estimate of drug-likeness (QED) is 0.541. The molecule has 0 saturated heterocycles. The fraction of sp³-hybridized carbons (Fsp3) is 0.400. The minimum atomic E-state index is -0.854. The maximum absolute atomic E-state index is 10.7. The number of anilines is 1. The number of rotatable bonds is 10. The summed E-state index contributed by atoms with van der Waals surface area (Å²) in [6.45, 7) is 1.03. The van der Waals surface area contributed by atoms with Gasteiger partial charge in [-0.2, -0.15) is 4.68 Å². The molecule has 1 heterocycles. The van der Waals surface area contributed by atoms with E-state index in [0.717, 1.165) is 5.69 Å². The molecule has 0 amide bonds. The molecule has 0 fully saturated rings. The first kappa shape index (κ1) is 18.7. The Labute approximate surface area is 149 Å². The Balaban J connectivity index is 2.15. The lowest BCUT2D eigenvalue weighted by Gasteiger charge is -2.25. The van der Waals surface area contributed by atoms with Crippen molar-refractivity contribution in [3.05, 3.63) is 24.3 Å². The van der Waals surface area contributed by atoms with Gasteiger partial charge in [0, 0.05) is 31.6 Å². The maximum Gasteiger partial charge on any atom is 0.303 e. The largest absolute Gasteiger partial charge is 0.481 e. The maximum atomic E-state index is 10.7. The third-order valence-electron chi connectivity index (χ3n) is 3.53. The van der Waals surface area contributed by atoms with Crippen LogP contribution in [0.25, 0.3) is 5.69 Å². The van der Waals surface area contributed by atoms with Crippen LogP contribution in [0.1, 0.15) is 25.7 Å². The molecule has 0 unspecified atom stereocenters. The lowest BCUT2D eigenvalue weighted by atomic mass is 10.2. The van der Waals surface area contributed by atoms with Gasteiger partial charge < -0.3 is 15.1 Å². The first-order chi connectivity index (χ1) is 12.0. The van der Waals surface area contributed by atoms with E-state index in [0.29, 0.717) is 36.8 Å². The van der Waals surface area contributed by atoms with Crippen LogP contribution in [0.15, 0.2) is 29.4 Å². The zero-order valence-electron chi connectivity index (χ0n) is 13.4. The van der Waals surface area contributed by atoms with Gasteiger partial charge in [-0.1, -0.05) is 6.07 Å². The van der Waals surface area contributed by atoms with Gasteiger partial charge in [0.2, 0.25) is 5.16 Å². The Hall–Kier alpha value is -2.62. The molecular weight excluding hydrogens is 346 g/mol. The lowest BCUT2D eigenvalue weighted by Crippen LogP contribution is -2.26. The molecule has 2 N–H and O–H groups in total. The van der Waals surface area contributed by atoms with Crippen LogP contribution < -0.4 is 4.90 Å². The van der Waals surface area contributed by atoms with Crippen molar-refractivity contribution in [1.29, 1.82) is 0 Å². The fourth-order valence-electron chi connectivity index (χ4n) is 2.38. The van der Waals surface area contributed by atoms with Crippen molar-refractivity contribution >= 4 is 30.3 Å². The summed E-state index contributed by atoms with van der Waals surface area (Å²) in [5.74, 6) is -1.71. The van der Waals surface area contributed by atoms with E-state index in [9.17, 15) is 9.59 Å². The fourth-order valence-corrected chi connectivity index (χ4v) is 2.58. The second-order valence-electron chi connectivity index (χ2n) is 5.39. The van der Waals surface area contributed by atoms with E-state index in [2.05, 4.69) is 28.2 Å². The minimum Gasteiger partial charge on any atom is -0.481 e. The predicted molar refractivity (Wildman–Crippen MR) is 92.4 cm³/mol. The Morgan fingerprint density at radius 1 is 1.12 bits per heavy atom. The van der Waals surface area contributed by atoms with Gasteiger partial charge in [0.15, 0.2) is 0 Å². The van der Waals surface area contributed by atoms with E-state index < -0.39 is 11.9 Å². The number of carbonyl (C=O) groups is 2. The Morgan fingerprint density at radius 3 is 2.28 bits per heavy atom. The number of tetrazole rings is 1. The van der Waals surface area contributed by atoms with Crippen LogP contribution in [0.5, 0.6) is 0 Å². The normalized spacial score (nSPS) is 10.6. The van der Waals surface area contributed by atoms with Crippen molar-refractivity contribution in [1.82, 2.24) is 20.2 Å². The summed E-state index contributed by atoms with van der Waals surface area (Å²) in [4.78, 5) is 23.4. The zero-order chi connectivity index (χ0) is 18.2. The number of thiol groups is 1. The molecule has 0 aliphatic heterocycles. The molecule has 134 valence electrons. The third-order valence-corrected chi connectivity index (χ3v) is 3.81. The lowest BCUT2D eigenvalue weighted by molar-refractivity contribution is -0.138. The standard InChI is InChI=1S/C15H19N5O4S/c21-13(22)6-2-8-19(9-3-7-14(23)24)11-4-1-5-12(10-11)20-15(25)16-17-18-20/h1,4-5,10H,2-3,6-9H2,(H,21,22)(H,23,24)(H,16,18,25). The van der Waals surface area contributed by atoms with Gasteiger partial charge in [-0.05, 0) is 41.5 Å². The highest BCUT2D eigenvalue weighted by atomic mass is 32.1. The van der Waals surface area contributed by atoms with Crippen LogP contribution in [-0.4, -0.2) is 55.4 Å². The smallest absolute Gasteiger partial charge is 0.303 e. The summed E-state index contributed by atoms with van der Waals surface area (Å²) < 4.78 is 1.47. The minimum absolute atomic E-state index is 0.0584. The number of carboxylic acids is 2. The average Bonchev–Trinajstić information content (AvgIpc) is 2.99. The number of hydrogen-bond acceptors (Lipinski definition) is 7. The first-order valence-electron chi connectivity index (χ1n) is 7.73. The van der Waals surface area contributed by atoms with Crippen molar-refractivity contribution < 1.29 is 19.8 Å². The van der Waals surface area contributed by atoms with Gasteiger partial charge in [0.1, 0.15) is 0 Å². The van der Waals surface area contributed by atoms with Crippen molar-refractivity contribution in [3.8, 4) is 5.69 Å². The molecule has 0 bridgehead atoms. The summed E-state index contributed by atoms with van der Waals surface area (Å²) in [5, 5.41) is 29.1. The summed E-state index contributed by atoms with van der Waals surface area (Å²) in [6.07, 6.45) is 1.05. The molecule has 0 aliphatic rings. The van der Waals surface area contributed by atoms with E-state index in [4.69, 9.17) is 10.2 Å². The number of hydrogen-bond donors (Lipinski definition) is 3. The molecule has 0 radical (unpaired) electrons. The second kappa shape index (κ2) is 9.02. The van der Waals surface area contributed by atoms with Gasteiger partial charge in [-0.15, -0.1) is 17.7 Å². The summed E-state index contributed by atoms with van der Waals surface area (Å²) >= 11 is 4.19. The predicted octanol–water partition coefficient (Wildman–Crippen LogP) is 1.49. The van der Waals surface area contributed by atoms with Crippen molar-refractivity contribution in [2.45, 2.75) is 30.8 Å². The van der Waals surface area contributed by atoms with Gasteiger partial charge >= 0.3 is 11.9 Å². The van der Waals surface area contributed by atoms with Crippen molar-refractivity contribution in [2.24, 2.45) is 0 Å². The molecule has 0 saturated carbocycles. The summed E-state index contributed by atoms with van der Waals surface area (Å²) in [5.41, 5.74) is 1.56. The van der Waals surface area contributed by atoms with E-state index in [1.54, 1.807) is 0 Å². The second-order valence-corrected chi connectivity index (χ2v) is 5.79. The number of aliphatic carboxylic acids is 2. The molecule has 2 aromatic rings. The van der Waals surface area contributed by atoms with Gasteiger partial charge in [-0.3, -0.25) is 9.59 Å². The van der Waals surface area contributed by atoms with Crippen LogP contribution in [-0.2, 0) is 9.59 Å². The van der Waals surface area contributed by atoms with E-state index >= 15 is 0 Å². The summed E-state index contributed by atoms with van der Waals surface area (Å²) in [6, 6.07) is 7.40. The molecule has 10 heteroatoms. The molecule has 1 aromatic heterocycles. The SMILES string of the molecule is O=C(O)CCCN(CCCC(=O)O)c1cccc(-n2nnnc2S)c1. The molecular formula is C15H19N5O4S. The Morgan fingerprint density at radius 2 is 1.76 bits per heavy atom. The molecule has 2 rings (SSSR count). The molecule has 0 spiro atoms. The van der Waals surface area contributed by atoms with Gasteiger partial charge in [-0.25, -0.2) is 0 Å². The first-order valence-corrected chi connectivity index (χ1v) is 8.18. The van der Waals surface area contributed by atoms with E-state index in [1.807, 2.05) is 29.2 Å². The highest BCUT2D eigenvalue weighted by Crippen LogP contribution is 2.21. The van der Waals surface area contributed by atoms with Crippen molar-refractivity contribution in [3.63, 3.8) is 0 Å². The Bertz CT molecular complexity index is 716. The zero-order valence-corrected chi connectivity index (χ0v) is 14.3. The highest BCUT2D eigenvalue weighted by molar-refractivity contribution is 7.80. The van der Waals surface area contributed by atoms with E-state index in [1.165, 1.54) is 4.68 Å². The van der Waals surface area contributed by atoms with Crippen LogP contribution >= 0.6 is 12.6 Å². The molecule has 9 nitrogen and oxygen atoms in total. The molecule has 25 heavy (non-hydrogen) atoms. The average molecular weight is 365 g/mol. The third kappa shape index (κ3) is 5.75. The number of aromatic nitrogens is 4. The summed E-state index contributed by atoms with van der Waals surface area (Å²) in [7, 11) is 0. The van der Waals surface area contributed by atoms with Crippen LogP contribution in [0.3, 0.4) is 0 Å².